The van der Waals surface area contributed by atoms with E-state index in [1.165, 1.54) is 12.1 Å². The second-order valence-corrected chi connectivity index (χ2v) is 9.31. The lowest BCUT2D eigenvalue weighted by atomic mass is 9.95. The molecule has 0 atom stereocenters. The Morgan fingerprint density at radius 3 is 2.48 bits per heavy atom. The van der Waals surface area contributed by atoms with E-state index in [0.717, 1.165) is 59.0 Å². The molecule has 5 nitrogen and oxygen atoms in total. The summed E-state index contributed by atoms with van der Waals surface area (Å²) in [5.41, 5.74) is 3.28. The summed E-state index contributed by atoms with van der Waals surface area (Å²) in [6.07, 6.45) is 5.72. The Labute approximate surface area is 180 Å². The van der Waals surface area contributed by atoms with E-state index in [-0.39, 0.29) is 11.7 Å². The molecule has 0 N–H and O–H groups in total. The van der Waals surface area contributed by atoms with Crippen molar-refractivity contribution in [3.63, 3.8) is 0 Å². The Balaban J connectivity index is 1.81. The van der Waals surface area contributed by atoms with Crippen LogP contribution in [0.25, 0.3) is 32.9 Å². The van der Waals surface area contributed by atoms with Crippen LogP contribution in [-0.4, -0.2) is 33.5 Å². The predicted molar refractivity (Wildman–Crippen MR) is 120 cm³/mol. The van der Waals surface area contributed by atoms with Gasteiger partial charge >= 0.3 is 0 Å². The average Bonchev–Trinajstić information content (AvgIpc) is 3.37. The molecule has 2 aromatic carbocycles. The zero-order chi connectivity index (χ0) is 21.8. The van der Waals surface area contributed by atoms with Crippen LogP contribution < -0.4 is 0 Å². The summed E-state index contributed by atoms with van der Waals surface area (Å²) in [5, 5.41) is 6.34. The Morgan fingerprint density at radius 2 is 1.81 bits per heavy atom. The van der Waals surface area contributed by atoms with Crippen LogP contribution in [0.5, 0.6) is 0 Å². The quantitative estimate of drug-likeness (QED) is 0.410. The molecule has 31 heavy (non-hydrogen) atoms. The summed E-state index contributed by atoms with van der Waals surface area (Å²) in [6, 6.07) is 11.1. The molecule has 0 spiro atoms. The Bertz CT molecular complexity index is 1270. The summed E-state index contributed by atoms with van der Waals surface area (Å²) in [4.78, 5) is 13.1. The first kappa shape index (κ1) is 19.9. The second kappa shape index (κ2) is 7.31. The third-order valence-electron chi connectivity index (χ3n) is 6.10. The lowest BCUT2D eigenvalue weighted by Crippen LogP contribution is -2.27. The van der Waals surface area contributed by atoms with Gasteiger partial charge in [0.05, 0.1) is 17.2 Å². The summed E-state index contributed by atoms with van der Waals surface area (Å²) >= 11 is 0. The highest BCUT2D eigenvalue weighted by Gasteiger charge is 2.28. The van der Waals surface area contributed by atoms with Crippen LogP contribution in [-0.2, 0) is 4.74 Å². The van der Waals surface area contributed by atoms with Gasteiger partial charge in [0.1, 0.15) is 5.82 Å². The smallest absolute Gasteiger partial charge is 0.252 e. The van der Waals surface area contributed by atoms with Gasteiger partial charge in [-0.25, -0.2) is 4.39 Å². The maximum absolute atomic E-state index is 13.6. The van der Waals surface area contributed by atoms with Gasteiger partial charge in [0.25, 0.3) is 5.91 Å². The molecule has 1 aliphatic rings. The van der Waals surface area contributed by atoms with Gasteiger partial charge in [-0.2, -0.15) is 9.78 Å². The van der Waals surface area contributed by atoms with Gasteiger partial charge in [-0.1, -0.05) is 32.9 Å². The van der Waals surface area contributed by atoms with Crippen molar-refractivity contribution in [2.75, 3.05) is 13.2 Å². The largest absolute Gasteiger partial charge is 0.381 e. The van der Waals surface area contributed by atoms with Gasteiger partial charge in [0.15, 0.2) is 0 Å². The number of halogens is 1. The van der Waals surface area contributed by atoms with E-state index in [1.54, 1.807) is 10.9 Å². The minimum atomic E-state index is -0.551. The van der Waals surface area contributed by atoms with Crippen molar-refractivity contribution in [2.45, 2.75) is 39.7 Å². The van der Waals surface area contributed by atoms with Crippen LogP contribution in [0.4, 0.5) is 4.39 Å². The van der Waals surface area contributed by atoms with Crippen molar-refractivity contribution in [3.8, 4) is 11.1 Å². The number of ether oxygens (including phenoxy) is 1. The predicted octanol–water partition coefficient (Wildman–Crippen LogP) is 5.83. The molecule has 1 saturated heterocycles. The Morgan fingerprint density at radius 1 is 1.10 bits per heavy atom. The number of hydrogen-bond acceptors (Lipinski definition) is 3. The normalized spacial score (nSPS) is 15.7. The molecule has 0 saturated carbocycles. The highest BCUT2D eigenvalue weighted by molar-refractivity contribution is 6.13. The molecule has 0 unspecified atom stereocenters. The fourth-order valence-corrected chi connectivity index (χ4v) is 4.47. The van der Waals surface area contributed by atoms with E-state index in [0.29, 0.717) is 6.04 Å². The zero-order valence-corrected chi connectivity index (χ0v) is 18.1. The fourth-order valence-electron chi connectivity index (χ4n) is 4.47. The minimum Gasteiger partial charge on any atom is -0.381 e. The maximum atomic E-state index is 13.6. The van der Waals surface area contributed by atoms with Crippen molar-refractivity contribution < 1.29 is 13.9 Å². The third kappa shape index (κ3) is 3.35. The van der Waals surface area contributed by atoms with E-state index < -0.39 is 5.41 Å². The molecule has 1 fully saturated rings. The fraction of sp³-hybridized carbons (Fsp3) is 0.360. The number of benzene rings is 2. The van der Waals surface area contributed by atoms with Crippen molar-refractivity contribution in [1.82, 2.24) is 14.3 Å². The maximum Gasteiger partial charge on any atom is 0.252 e. The van der Waals surface area contributed by atoms with Crippen molar-refractivity contribution >= 4 is 27.7 Å². The van der Waals surface area contributed by atoms with E-state index in [1.807, 2.05) is 32.9 Å². The Kier molecular flexibility index (Phi) is 4.70. The molecule has 0 aliphatic carbocycles. The number of aromatic nitrogens is 3. The number of carbonyl (C=O) groups excluding carboxylic acids is 1. The first-order chi connectivity index (χ1) is 14.8. The number of carbonyl (C=O) groups is 1. The van der Waals surface area contributed by atoms with Crippen molar-refractivity contribution in [2.24, 2.45) is 5.41 Å². The van der Waals surface area contributed by atoms with Gasteiger partial charge in [-0.3, -0.25) is 4.79 Å². The number of nitrogens with zero attached hydrogens (tertiary/aromatic N) is 3. The molecule has 0 radical (unpaired) electrons. The molecule has 4 aromatic rings. The van der Waals surface area contributed by atoms with E-state index in [9.17, 15) is 9.18 Å². The summed E-state index contributed by atoms with van der Waals surface area (Å²) in [6.45, 7) is 7.18. The zero-order valence-electron chi connectivity index (χ0n) is 18.1. The molecular formula is C25H26FN3O2. The number of fused-ring (bicyclic) bond motifs is 3. The third-order valence-corrected chi connectivity index (χ3v) is 6.10. The van der Waals surface area contributed by atoms with Crippen molar-refractivity contribution in [3.05, 3.63) is 54.6 Å². The standard InChI is InChI=1S/C25H26FN3O2/c1-25(2,3)24(30)29-22-17(15-27-29)14-21(16-4-6-18(26)7-5-16)23-20(22)8-11-28(23)19-9-12-31-13-10-19/h4-8,11,14-15,19H,9-10,12-13H2,1-3H3. The lowest BCUT2D eigenvalue weighted by Gasteiger charge is -2.25. The van der Waals surface area contributed by atoms with Crippen LogP contribution >= 0.6 is 0 Å². The highest BCUT2D eigenvalue weighted by Crippen LogP contribution is 2.39. The SMILES string of the molecule is CC(C)(C)C(=O)n1ncc2cc(-c3ccc(F)cc3)c3c(ccn3C3CCOCC3)c21. The van der Waals surface area contributed by atoms with Gasteiger partial charge in [-0.05, 0) is 42.7 Å². The van der Waals surface area contributed by atoms with Gasteiger partial charge in [-0.15, -0.1) is 0 Å². The summed E-state index contributed by atoms with van der Waals surface area (Å²) < 4.78 is 23.0. The number of rotatable bonds is 2. The van der Waals surface area contributed by atoms with Gasteiger partial charge in [0, 0.05) is 47.2 Å². The molecule has 6 heteroatoms. The summed E-state index contributed by atoms with van der Waals surface area (Å²) in [5.74, 6) is -0.304. The van der Waals surface area contributed by atoms with Gasteiger partial charge in [0.2, 0.25) is 0 Å². The van der Waals surface area contributed by atoms with Crippen LogP contribution in [0.15, 0.2) is 48.8 Å². The topological polar surface area (TPSA) is 49.0 Å². The van der Waals surface area contributed by atoms with Crippen LogP contribution in [0, 0.1) is 11.2 Å². The van der Waals surface area contributed by atoms with Gasteiger partial charge < -0.3 is 9.30 Å². The van der Waals surface area contributed by atoms with E-state index in [4.69, 9.17) is 4.74 Å². The lowest BCUT2D eigenvalue weighted by molar-refractivity contribution is 0.0707. The molecular weight excluding hydrogens is 393 g/mol. The van der Waals surface area contributed by atoms with Crippen LogP contribution in [0.1, 0.15) is 44.4 Å². The van der Waals surface area contributed by atoms with Crippen molar-refractivity contribution in [1.29, 1.82) is 0 Å². The highest BCUT2D eigenvalue weighted by atomic mass is 19.1. The molecule has 2 aromatic heterocycles. The monoisotopic (exact) mass is 419 g/mol. The van der Waals surface area contributed by atoms with E-state index in [2.05, 4.69) is 28.0 Å². The Hall–Kier alpha value is -2.99. The summed E-state index contributed by atoms with van der Waals surface area (Å²) in [7, 11) is 0. The molecule has 0 amide bonds. The molecule has 5 rings (SSSR count). The van der Waals surface area contributed by atoms with E-state index >= 15 is 0 Å². The first-order valence-corrected chi connectivity index (χ1v) is 10.7. The average molecular weight is 420 g/mol. The molecule has 3 heterocycles. The first-order valence-electron chi connectivity index (χ1n) is 10.7. The molecule has 0 bridgehead atoms. The van der Waals surface area contributed by atoms with Crippen LogP contribution in [0.3, 0.4) is 0 Å². The number of hydrogen-bond donors (Lipinski definition) is 0. The molecule has 1 aliphatic heterocycles. The molecule has 160 valence electrons. The minimum absolute atomic E-state index is 0.0443. The second-order valence-electron chi connectivity index (χ2n) is 9.31. The van der Waals surface area contributed by atoms with Crippen LogP contribution in [0.2, 0.25) is 0 Å².